The van der Waals surface area contributed by atoms with E-state index in [-0.39, 0.29) is 23.5 Å². The number of rotatable bonds is 1. The van der Waals surface area contributed by atoms with Gasteiger partial charge in [0, 0.05) is 0 Å². The molecule has 1 heterocycles. The van der Waals surface area contributed by atoms with Gasteiger partial charge in [0.1, 0.15) is 0 Å². The molecule has 60 valence electrons. The van der Waals surface area contributed by atoms with E-state index < -0.39 is 0 Å². The van der Waals surface area contributed by atoms with Gasteiger partial charge in [0.25, 0.3) is 0 Å². The summed E-state index contributed by atoms with van der Waals surface area (Å²) >= 11 is 11.6. The van der Waals surface area contributed by atoms with E-state index in [9.17, 15) is 0 Å². The summed E-state index contributed by atoms with van der Waals surface area (Å²) in [4.78, 5) is 0. The van der Waals surface area contributed by atoms with Crippen LogP contribution in [0.15, 0.2) is 0 Å². The van der Waals surface area contributed by atoms with Crippen LogP contribution in [0.2, 0.25) is 0 Å². The van der Waals surface area contributed by atoms with Crippen molar-refractivity contribution in [1.29, 1.82) is 0 Å². The minimum Gasteiger partial charge on any atom is -0.394 e. The molecule has 3 unspecified atom stereocenters. The van der Waals surface area contributed by atoms with Crippen LogP contribution in [-0.2, 0) is 4.74 Å². The highest BCUT2D eigenvalue weighted by molar-refractivity contribution is 6.30. The Kier molecular flexibility index (Phi) is 3.24. The SMILES string of the molecule is OCC1CC(Cl)C(Cl)CO1. The Morgan fingerprint density at radius 1 is 1.40 bits per heavy atom. The summed E-state index contributed by atoms with van der Waals surface area (Å²) < 4.78 is 5.14. The van der Waals surface area contributed by atoms with E-state index in [4.69, 9.17) is 33.0 Å². The lowest BCUT2D eigenvalue weighted by Crippen LogP contribution is -2.36. The summed E-state index contributed by atoms with van der Waals surface area (Å²) in [5.74, 6) is 0. The summed E-state index contributed by atoms with van der Waals surface area (Å²) in [7, 11) is 0. The molecular weight excluding hydrogens is 175 g/mol. The van der Waals surface area contributed by atoms with Crippen LogP contribution < -0.4 is 0 Å². The van der Waals surface area contributed by atoms with Crippen molar-refractivity contribution in [2.24, 2.45) is 0 Å². The smallest absolute Gasteiger partial charge is 0.0821 e. The van der Waals surface area contributed by atoms with Gasteiger partial charge in [-0.2, -0.15) is 0 Å². The molecular formula is C6H10Cl2O2. The monoisotopic (exact) mass is 184 g/mol. The number of hydrogen-bond acceptors (Lipinski definition) is 2. The van der Waals surface area contributed by atoms with Crippen LogP contribution >= 0.6 is 23.2 Å². The molecule has 1 aliphatic rings. The molecule has 0 bridgehead atoms. The molecule has 0 aromatic carbocycles. The van der Waals surface area contributed by atoms with Gasteiger partial charge >= 0.3 is 0 Å². The normalized spacial score (nSPS) is 41.7. The molecule has 4 heteroatoms. The Balaban J connectivity index is 2.33. The maximum atomic E-state index is 8.67. The third-order valence-corrected chi connectivity index (χ3v) is 2.62. The zero-order chi connectivity index (χ0) is 7.56. The first-order valence-electron chi connectivity index (χ1n) is 3.24. The van der Waals surface area contributed by atoms with E-state index in [1.165, 1.54) is 0 Å². The molecule has 10 heavy (non-hydrogen) atoms. The van der Waals surface area contributed by atoms with Crippen molar-refractivity contribution in [2.75, 3.05) is 13.2 Å². The van der Waals surface area contributed by atoms with Gasteiger partial charge in [-0.05, 0) is 6.42 Å². The largest absolute Gasteiger partial charge is 0.394 e. The summed E-state index contributed by atoms with van der Waals surface area (Å²) in [6.45, 7) is 0.480. The quantitative estimate of drug-likeness (QED) is 0.617. The molecule has 1 N–H and O–H groups in total. The Labute approximate surface area is 70.1 Å². The van der Waals surface area contributed by atoms with Gasteiger partial charge in [0.15, 0.2) is 0 Å². The molecule has 3 atom stereocenters. The van der Waals surface area contributed by atoms with Crippen molar-refractivity contribution in [3.05, 3.63) is 0 Å². The molecule has 0 spiro atoms. The minimum absolute atomic E-state index is 0.0346. The van der Waals surface area contributed by atoms with Crippen molar-refractivity contribution in [3.8, 4) is 0 Å². The minimum atomic E-state index is -0.113. The van der Waals surface area contributed by atoms with Gasteiger partial charge in [0.2, 0.25) is 0 Å². The molecule has 0 radical (unpaired) electrons. The van der Waals surface area contributed by atoms with Gasteiger partial charge < -0.3 is 9.84 Å². The fraction of sp³-hybridized carbons (Fsp3) is 1.00. The number of ether oxygens (including phenoxy) is 1. The summed E-state index contributed by atoms with van der Waals surface area (Å²) in [6.07, 6.45) is 0.532. The second-order valence-electron chi connectivity index (χ2n) is 2.41. The molecule has 0 aliphatic carbocycles. The number of aliphatic hydroxyl groups is 1. The second-order valence-corrected chi connectivity index (χ2v) is 3.53. The maximum absolute atomic E-state index is 8.67. The summed E-state index contributed by atoms with van der Waals surface area (Å²) in [5.41, 5.74) is 0. The van der Waals surface area contributed by atoms with Crippen LogP contribution in [0.4, 0.5) is 0 Å². The first-order valence-corrected chi connectivity index (χ1v) is 4.12. The fourth-order valence-electron chi connectivity index (χ4n) is 0.927. The van der Waals surface area contributed by atoms with Crippen LogP contribution in [0.1, 0.15) is 6.42 Å². The van der Waals surface area contributed by atoms with Gasteiger partial charge in [-0.25, -0.2) is 0 Å². The van der Waals surface area contributed by atoms with E-state index in [0.29, 0.717) is 13.0 Å². The Hall–Kier alpha value is 0.500. The molecule has 0 saturated carbocycles. The highest BCUT2D eigenvalue weighted by Gasteiger charge is 2.27. The van der Waals surface area contributed by atoms with Gasteiger partial charge in [-0.3, -0.25) is 0 Å². The highest BCUT2D eigenvalue weighted by atomic mass is 35.5. The standard InChI is InChI=1S/C6H10Cl2O2/c7-5-1-4(2-9)10-3-6(5)8/h4-6,9H,1-3H2. The van der Waals surface area contributed by atoms with Gasteiger partial charge in [0.05, 0.1) is 30.1 Å². The number of aliphatic hydroxyl groups excluding tert-OH is 1. The van der Waals surface area contributed by atoms with Gasteiger partial charge in [-0.1, -0.05) is 0 Å². The molecule has 1 rings (SSSR count). The first-order chi connectivity index (χ1) is 4.74. The molecule has 0 aromatic rings. The van der Waals surface area contributed by atoms with Gasteiger partial charge in [-0.15, -0.1) is 23.2 Å². The number of alkyl halides is 2. The van der Waals surface area contributed by atoms with Crippen molar-refractivity contribution >= 4 is 23.2 Å². The maximum Gasteiger partial charge on any atom is 0.0821 e. The van der Waals surface area contributed by atoms with Crippen molar-refractivity contribution in [1.82, 2.24) is 0 Å². The summed E-state index contributed by atoms with van der Waals surface area (Å²) in [6, 6.07) is 0. The second kappa shape index (κ2) is 3.77. The molecule has 1 fully saturated rings. The van der Waals surface area contributed by atoms with E-state index in [1.807, 2.05) is 0 Å². The lowest BCUT2D eigenvalue weighted by atomic mass is 10.1. The lowest BCUT2D eigenvalue weighted by Gasteiger charge is -2.28. The molecule has 0 aromatic heterocycles. The van der Waals surface area contributed by atoms with Crippen molar-refractivity contribution in [3.63, 3.8) is 0 Å². The topological polar surface area (TPSA) is 29.5 Å². The first kappa shape index (κ1) is 8.60. The van der Waals surface area contributed by atoms with Crippen LogP contribution in [-0.4, -0.2) is 35.2 Å². The average Bonchev–Trinajstić information content (AvgIpc) is 1.95. The molecule has 1 aliphatic heterocycles. The van der Waals surface area contributed by atoms with E-state index >= 15 is 0 Å². The number of halogens is 2. The molecule has 1 saturated heterocycles. The lowest BCUT2D eigenvalue weighted by molar-refractivity contribution is -0.0137. The van der Waals surface area contributed by atoms with Crippen molar-refractivity contribution in [2.45, 2.75) is 23.3 Å². The third kappa shape index (κ3) is 1.99. The average molecular weight is 185 g/mol. The summed E-state index contributed by atoms with van der Waals surface area (Å²) in [5, 5.41) is 8.50. The predicted octanol–water partition coefficient (Wildman–Crippen LogP) is 0.982. The van der Waals surface area contributed by atoms with Crippen LogP contribution in [0.25, 0.3) is 0 Å². The fourth-order valence-corrected chi connectivity index (χ4v) is 1.37. The zero-order valence-electron chi connectivity index (χ0n) is 5.46. The predicted molar refractivity (Wildman–Crippen MR) is 40.7 cm³/mol. The van der Waals surface area contributed by atoms with E-state index in [1.54, 1.807) is 0 Å². The highest BCUT2D eigenvalue weighted by Crippen LogP contribution is 2.22. The zero-order valence-corrected chi connectivity index (χ0v) is 6.98. The van der Waals surface area contributed by atoms with Crippen LogP contribution in [0, 0.1) is 0 Å². The van der Waals surface area contributed by atoms with Crippen molar-refractivity contribution < 1.29 is 9.84 Å². The Morgan fingerprint density at radius 2 is 2.10 bits per heavy atom. The third-order valence-electron chi connectivity index (χ3n) is 1.58. The van der Waals surface area contributed by atoms with Crippen LogP contribution in [0.5, 0.6) is 0 Å². The Morgan fingerprint density at radius 3 is 2.60 bits per heavy atom. The Bertz CT molecular complexity index is 110. The molecule has 0 amide bonds. The van der Waals surface area contributed by atoms with E-state index in [2.05, 4.69) is 0 Å². The van der Waals surface area contributed by atoms with Crippen LogP contribution in [0.3, 0.4) is 0 Å². The number of hydrogen-bond donors (Lipinski definition) is 1. The van der Waals surface area contributed by atoms with E-state index in [0.717, 1.165) is 0 Å². The molecule has 2 nitrogen and oxygen atoms in total.